The molecular weight excluding hydrogens is 478 g/mol. The minimum absolute atomic E-state index is 0.0135. The molecule has 4 nitrogen and oxygen atoms in total. The second-order valence-electron chi connectivity index (χ2n) is 11.5. The van der Waals surface area contributed by atoms with Gasteiger partial charge in [0.15, 0.2) is 5.58 Å². The first kappa shape index (κ1) is 23.5. The van der Waals surface area contributed by atoms with E-state index in [4.69, 9.17) is 19.4 Å². The molecule has 0 N–H and O–H groups in total. The zero-order valence-corrected chi connectivity index (χ0v) is 22.8. The van der Waals surface area contributed by atoms with Crippen LogP contribution < -0.4 is 0 Å². The van der Waals surface area contributed by atoms with E-state index in [1.54, 1.807) is 0 Å². The number of nitrogens with zero attached hydrogens (tertiary/aromatic N) is 3. The van der Waals surface area contributed by atoms with E-state index < -0.39 is 0 Å². The zero-order valence-electron chi connectivity index (χ0n) is 22.8. The normalized spacial score (nSPS) is 12.2. The standard InChI is InChI=1S/C35H29N3O/c1-20-17-29-24(12-14-31(38-29)35(3,4)5)18-28(20)23-15-16-36-30(19-23)27-8-6-7-25-26-13-11-22-10-9-21(2)37-32(22)34(26)39-33(25)27/h6-19H,1-5H3. The molecule has 4 heterocycles. The maximum absolute atomic E-state index is 6.56. The summed E-state index contributed by atoms with van der Waals surface area (Å²) in [5, 5.41) is 4.35. The molecule has 0 aliphatic rings. The van der Waals surface area contributed by atoms with Gasteiger partial charge in [0.1, 0.15) is 11.1 Å². The average molecular weight is 508 g/mol. The predicted molar refractivity (Wildman–Crippen MR) is 161 cm³/mol. The van der Waals surface area contributed by atoms with Crippen LogP contribution in [0.1, 0.15) is 37.7 Å². The molecule has 7 aromatic rings. The first-order valence-corrected chi connectivity index (χ1v) is 13.4. The van der Waals surface area contributed by atoms with Crippen molar-refractivity contribution in [2.75, 3.05) is 0 Å². The smallest absolute Gasteiger partial charge is 0.161 e. The fourth-order valence-corrected chi connectivity index (χ4v) is 5.49. The summed E-state index contributed by atoms with van der Waals surface area (Å²) < 4.78 is 6.56. The fourth-order valence-electron chi connectivity index (χ4n) is 5.49. The third kappa shape index (κ3) is 3.87. The van der Waals surface area contributed by atoms with Crippen molar-refractivity contribution in [3.8, 4) is 22.4 Å². The summed E-state index contributed by atoms with van der Waals surface area (Å²) in [5.74, 6) is 0. The quantitative estimate of drug-likeness (QED) is 0.234. The summed E-state index contributed by atoms with van der Waals surface area (Å²) in [7, 11) is 0. The third-order valence-electron chi connectivity index (χ3n) is 7.61. The van der Waals surface area contributed by atoms with Crippen LogP contribution in [-0.4, -0.2) is 15.0 Å². The predicted octanol–water partition coefficient (Wildman–Crippen LogP) is 9.33. The van der Waals surface area contributed by atoms with Gasteiger partial charge in [0.25, 0.3) is 0 Å². The lowest BCUT2D eigenvalue weighted by Crippen LogP contribution is -2.13. The molecule has 3 aromatic carbocycles. The SMILES string of the molecule is Cc1ccc2ccc3c4cccc(-c5cc(-c6cc7ccc(C(C)(C)C)nc7cc6C)ccn5)c4oc3c2n1. The maximum Gasteiger partial charge on any atom is 0.161 e. The Kier molecular flexibility index (Phi) is 5.11. The van der Waals surface area contributed by atoms with Crippen LogP contribution in [0.15, 0.2) is 89.5 Å². The van der Waals surface area contributed by atoms with Gasteiger partial charge in [-0.3, -0.25) is 9.97 Å². The van der Waals surface area contributed by atoms with Gasteiger partial charge >= 0.3 is 0 Å². The van der Waals surface area contributed by atoms with Gasteiger partial charge < -0.3 is 4.42 Å². The van der Waals surface area contributed by atoms with E-state index in [9.17, 15) is 0 Å². The monoisotopic (exact) mass is 507 g/mol. The maximum atomic E-state index is 6.56. The molecule has 0 saturated carbocycles. The highest BCUT2D eigenvalue weighted by molar-refractivity contribution is 6.16. The Hall–Kier alpha value is -4.57. The molecule has 7 rings (SSSR count). The molecule has 0 amide bonds. The molecule has 0 radical (unpaired) electrons. The Morgan fingerprint density at radius 3 is 2.33 bits per heavy atom. The lowest BCUT2D eigenvalue weighted by Gasteiger charge is -2.18. The molecule has 0 bridgehead atoms. The molecule has 0 unspecified atom stereocenters. The fraction of sp³-hybridized carbons (Fsp3) is 0.171. The second-order valence-corrected chi connectivity index (χ2v) is 11.5. The lowest BCUT2D eigenvalue weighted by molar-refractivity contribution is 0.571. The second kappa shape index (κ2) is 8.47. The molecule has 0 aliphatic carbocycles. The van der Waals surface area contributed by atoms with E-state index >= 15 is 0 Å². The Morgan fingerprint density at radius 1 is 0.692 bits per heavy atom. The molecule has 4 aromatic heterocycles. The Morgan fingerprint density at radius 2 is 1.49 bits per heavy atom. The van der Waals surface area contributed by atoms with Crippen molar-refractivity contribution >= 4 is 43.7 Å². The first-order chi connectivity index (χ1) is 18.8. The number of fused-ring (bicyclic) bond motifs is 6. The molecule has 0 spiro atoms. The molecule has 4 heteroatoms. The summed E-state index contributed by atoms with van der Waals surface area (Å²) in [4.78, 5) is 14.5. The van der Waals surface area contributed by atoms with Crippen molar-refractivity contribution in [2.45, 2.75) is 40.0 Å². The molecule has 0 fully saturated rings. The summed E-state index contributed by atoms with van der Waals surface area (Å²) in [6, 6.07) is 27.7. The number of hydrogen-bond donors (Lipinski definition) is 0. The molecule has 190 valence electrons. The molecule has 0 aliphatic heterocycles. The van der Waals surface area contributed by atoms with Crippen LogP contribution in [0, 0.1) is 13.8 Å². The van der Waals surface area contributed by atoms with E-state index in [-0.39, 0.29) is 5.41 Å². The van der Waals surface area contributed by atoms with E-state index in [1.807, 2.05) is 19.2 Å². The van der Waals surface area contributed by atoms with Crippen LogP contribution in [0.4, 0.5) is 0 Å². The van der Waals surface area contributed by atoms with Crippen LogP contribution in [0.3, 0.4) is 0 Å². The van der Waals surface area contributed by atoms with Crippen LogP contribution in [0.2, 0.25) is 0 Å². The van der Waals surface area contributed by atoms with Crippen molar-refractivity contribution in [1.29, 1.82) is 0 Å². The average Bonchev–Trinajstić information content (AvgIpc) is 3.31. The van der Waals surface area contributed by atoms with Crippen LogP contribution >= 0.6 is 0 Å². The minimum atomic E-state index is 0.0135. The summed E-state index contributed by atoms with van der Waals surface area (Å²) in [5.41, 5.74) is 11.0. The van der Waals surface area contributed by atoms with Crippen molar-refractivity contribution in [2.24, 2.45) is 0 Å². The number of aromatic nitrogens is 3. The summed E-state index contributed by atoms with van der Waals surface area (Å²) >= 11 is 0. The van der Waals surface area contributed by atoms with E-state index in [0.717, 1.165) is 72.0 Å². The minimum Gasteiger partial charge on any atom is -0.453 e. The van der Waals surface area contributed by atoms with Gasteiger partial charge in [-0.2, -0.15) is 0 Å². The summed E-state index contributed by atoms with van der Waals surface area (Å²) in [6.45, 7) is 10.8. The first-order valence-electron chi connectivity index (χ1n) is 13.4. The highest BCUT2D eigenvalue weighted by Gasteiger charge is 2.18. The lowest BCUT2D eigenvalue weighted by atomic mass is 9.90. The number of rotatable bonds is 2. The number of pyridine rings is 3. The number of hydrogen-bond acceptors (Lipinski definition) is 4. The molecule has 39 heavy (non-hydrogen) atoms. The van der Waals surface area contributed by atoms with Crippen LogP contribution in [0.5, 0.6) is 0 Å². The van der Waals surface area contributed by atoms with Crippen molar-refractivity contribution in [1.82, 2.24) is 15.0 Å². The van der Waals surface area contributed by atoms with Gasteiger partial charge in [-0.05, 0) is 79.1 Å². The Labute approximate surface area is 227 Å². The van der Waals surface area contributed by atoms with Crippen LogP contribution in [-0.2, 0) is 5.41 Å². The largest absolute Gasteiger partial charge is 0.453 e. The van der Waals surface area contributed by atoms with E-state index in [0.29, 0.717) is 0 Å². The van der Waals surface area contributed by atoms with Gasteiger partial charge in [-0.15, -0.1) is 0 Å². The summed E-state index contributed by atoms with van der Waals surface area (Å²) in [6.07, 6.45) is 1.89. The van der Waals surface area contributed by atoms with Gasteiger partial charge in [0.05, 0.1) is 11.2 Å². The van der Waals surface area contributed by atoms with Crippen LogP contribution in [0.25, 0.3) is 66.1 Å². The van der Waals surface area contributed by atoms with Gasteiger partial charge in [0.2, 0.25) is 0 Å². The Balaban J connectivity index is 1.38. The highest BCUT2D eigenvalue weighted by atomic mass is 16.3. The number of para-hydroxylation sites is 1. The number of furan rings is 1. The zero-order chi connectivity index (χ0) is 26.9. The van der Waals surface area contributed by atoms with E-state index in [2.05, 4.69) is 100 Å². The topological polar surface area (TPSA) is 51.8 Å². The molecule has 0 atom stereocenters. The number of aryl methyl sites for hydroxylation is 2. The van der Waals surface area contributed by atoms with Gasteiger partial charge in [-0.1, -0.05) is 51.1 Å². The number of benzene rings is 3. The van der Waals surface area contributed by atoms with Crippen molar-refractivity contribution in [3.63, 3.8) is 0 Å². The van der Waals surface area contributed by atoms with Crippen molar-refractivity contribution < 1.29 is 4.42 Å². The van der Waals surface area contributed by atoms with E-state index in [1.165, 1.54) is 11.1 Å². The molecule has 0 saturated heterocycles. The molecular formula is C35H29N3O. The Bertz CT molecular complexity index is 2080. The van der Waals surface area contributed by atoms with Crippen molar-refractivity contribution in [3.05, 3.63) is 102 Å². The van der Waals surface area contributed by atoms with Gasteiger partial charge in [0, 0.05) is 50.1 Å². The third-order valence-corrected chi connectivity index (χ3v) is 7.61. The highest BCUT2D eigenvalue weighted by Crippen LogP contribution is 2.39. The van der Waals surface area contributed by atoms with Gasteiger partial charge in [-0.25, -0.2) is 4.98 Å².